The predicted octanol–water partition coefficient (Wildman–Crippen LogP) is 1.30. The zero-order valence-corrected chi connectivity index (χ0v) is 10.6. The van der Waals surface area contributed by atoms with Crippen molar-refractivity contribution >= 4 is 11.8 Å². The zero-order valence-electron chi connectivity index (χ0n) is 10.6. The standard InChI is InChI=1S/C13H22N2O2/c1-10(16)15-8-7-12(9-15)14-13(17)11-5-3-2-4-6-11/h11-12H,2-9H2,1H3,(H,14,17). The summed E-state index contributed by atoms with van der Waals surface area (Å²) in [5, 5.41) is 3.10. The minimum absolute atomic E-state index is 0.111. The molecule has 0 radical (unpaired) electrons. The van der Waals surface area contributed by atoms with Gasteiger partial charge in [0.05, 0.1) is 0 Å². The number of nitrogens with one attached hydrogen (secondary N) is 1. The molecule has 2 aliphatic rings. The lowest BCUT2D eigenvalue weighted by Crippen LogP contribution is -2.41. The highest BCUT2D eigenvalue weighted by Gasteiger charge is 2.28. The zero-order chi connectivity index (χ0) is 12.3. The molecular formula is C13H22N2O2. The molecule has 4 nitrogen and oxygen atoms in total. The highest BCUT2D eigenvalue weighted by molar-refractivity contribution is 5.79. The van der Waals surface area contributed by atoms with E-state index in [2.05, 4.69) is 5.32 Å². The van der Waals surface area contributed by atoms with Crippen LogP contribution in [0.2, 0.25) is 0 Å². The number of likely N-dealkylation sites (tertiary alicyclic amines) is 1. The van der Waals surface area contributed by atoms with Gasteiger partial charge in [0.15, 0.2) is 0 Å². The van der Waals surface area contributed by atoms with Gasteiger partial charge in [-0.25, -0.2) is 0 Å². The molecule has 2 fully saturated rings. The maximum Gasteiger partial charge on any atom is 0.223 e. The van der Waals surface area contributed by atoms with Crippen molar-refractivity contribution in [3.8, 4) is 0 Å². The lowest BCUT2D eigenvalue weighted by molar-refractivity contribution is -0.129. The number of nitrogens with zero attached hydrogens (tertiary/aromatic N) is 1. The molecular weight excluding hydrogens is 216 g/mol. The normalized spacial score (nSPS) is 25.9. The van der Waals surface area contributed by atoms with E-state index in [1.807, 2.05) is 4.90 Å². The van der Waals surface area contributed by atoms with Gasteiger partial charge in [0.25, 0.3) is 0 Å². The van der Waals surface area contributed by atoms with Gasteiger partial charge < -0.3 is 10.2 Å². The minimum Gasteiger partial charge on any atom is -0.351 e. The van der Waals surface area contributed by atoms with E-state index in [4.69, 9.17) is 0 Å². The molecule has 1 aliphatic carbocycles. The molecule has 2 amide bonds. The second-order valence-corrected chi connectivity index (χ2v) is 5.29. The monoisotopic (exact) mass is 238 g/mol. The SMILES string of the molecule is CC(=O)N1CCC(NC(=O)C2CCCCC2)C1. The van der Waals surface area contributed by atoms with E-state index in [1.54, 1.807) is 6.92 Å². The molecule has 2 rings (SSSR count). The first-order valence-corrected chi connectivity index (χ1v) is 6.72. The van der Waals surface area contributed by atoms with E-state index in [0.29, 0.717) is 6.54 Å². The fourth-order valence-electron chi connectivity index (χ4n) is 2.85. The van der Waals surface area contributed by atoms with Crippen molar-refractivity contribution in [2.75, 3.05) is 13.1 Å². The third-order valence-electron chi connectivity index (χ3n) is 3.96. The summed E-state index contributed by atoms with van der Waals surface area (Å²) in [6.45, 7) is 3.06. The molecule has 1 N–H and O–H groups in total. The first-order valence-electron chi connectivity index (χ1n) is 6.72. The smallest absolute Gasteiger partial charge is 0.223 e. The average Bonchev–Trinajstić information content (AvgIpc) is 2.79. The molecule has 1 atom stereocenters. The molecule has 0 spiro atoms. The predicted molar refractivity (Wildman–Crippen MR) is 65.4 cm³/mol. The minimum atomic E-state index is 0.111. The molecule has 17 heavy (non-hydrogen) atoms. The van der Waals surface area contributed by atoms with Crippen LogP contribution in [0.15, 0.2) is 0 Å². The van der Waals surface area contributed by atoms with Crippen LogP contribution in [-0.2, 0) is 9.59 Å². The highest BCUT2D eigenvalue weighted by Crippen LogP contribution is 2.24. The first kappa shape index (κ1) is 12.4. The van der Waals surface area contributed by atoms with E-state index in [0.717, 1.165) is 25.8 Å². The molecule has 1 saturated heterocycles. The van der Waals surface area contributed by atoms with Gasteiger partial charge in [-0.2, -0.15) is 0 Å². The number of amides is 2. The number of carbonyl (C=O) groups is 2. The van der Waals surface area contributed by atoms with Crippen LogP contribution in [0.1, 0.15) is 45.4 Å². The van der Waals surface area contributed by atoms with Crippen LogP contribution < -0.4 is 5.32 Å². The van der Waals surface area contributed by atoms with Crippen LogP contribution in [0.5, 0.6) is 0 Å². The Balaban J connectivity index is 1.77. The molecule has 1 aliphatic heterocycles. The van der Waals surface area contributed by atoms with Gasteiger partial charge in [-0.1, -0.05) is 19.3 Å². The summed E-state index contributed by atoms with van der Waals surface area (Å²) in [4.78, 5) is 25.0. The van der Waals surface area contributed by atoms with Gasteiger partial charge >= 0.3 is 0 Å². The van der Waals surface area contributed by atoms with Crippen LogP contribution in [0.3, 0.4) is 0 Å². The lowest BCUT2D eigenvalue weighted by atomic mass is 9.88. The fraction of sp³-hybridized carbons (Fsp3) is 0.846. The summed E-state index contributed by atoms with van der Waals surface area (Å²) >= 11 is 0. The lowest BCUT2D eigenvalue weighted by Gasteiger charge is -2.23. The Labute approximate surface area is 103 Å². The molecule has 0 bridgehead atoms. The first-order chi connectivity index (χ1) is 8.16. The summed E-state index contributed by atoms with van der Waals surface area (Å²) in [5.74, 6) is 0.537. The van der Waals surface area contributed by atoms with Crippen LogP contribution in [0, 0.1) is 5.92 Å². The van der Waals surface area contributed by atoms with E-state index < -0.39 is 0 Å². The summed E-state index contributed by atoms with van der Waals surface area (Å²) in [6.07, 6.45) is 6.61. The molecule has 1 heterocycles. The number of carbonyl (C=O) groups excluding carboxylic acids is 2. The highest BCUT2D eigenvalue weighted by atomic mass is 16.2. The van der Waals surface area contributed by atoms with Crippen LogP contribution in [0.25, 0.3) is 0 Å². The van der Waals surface area contributed by atoms with Crippen molar-refractivity contribution in [2.45, 2.75) is 51.5 Å². The Morgan fingerprint density at radius 2 is 1.82 bits per heavy atom. The maximum atomic E-state index is 12.0. The van der Waals surface area contributed by atoms with Crippen molar-refractivity contribution in [1.82, 2.24) is 10.2 Å². The van der Waals surface area contributed by atoms with Gasteiger partial charge in [-0.3, -0.25) is 9.59 Å². The largest absolute Gasteiger partial charge is 0.351 e. The number of hydrogen-bond donors (Lipinski definition) is 1. The Hall–Kier alpha value is -1.06. The molecule has 4 heteroatoms. The number of hydrogen-bond acceptors (Lipinski definition) is 2. The van der Waals surface area contributed by atoms with Crippen molar-refractivity contribution in [3.05, 3.63) is 0 Å². The van der Waals surface area contributed by atoms with Crippen LogP contribution in [-0.4, -0.2) is 35.8 Å². The van der Waals surface area contributed by atoms with E-state index in [9.17, 15) is 9.59 Å². The molecule has 0 aromatic carbocycles. The van der Waals surface area contributed by atoms with Crippen molar-refractivity contribution in [1.29, 1.82) is 0 Å². The molecule has 0 aromatic rings. The third kappa shape index (κ3) is 3.20. The molecule has 1 saturated carbocycles. The van der Waals surface area contributed by atoms with Gasteiger partial charge in [-0.05, 0) is 19.3 Å². The second kappa shape index (κ2) is 5.52. The fourth-order valence-corrected chi connectivity index (χ4v) is 2.85. The molecule has 0 aromatic heterocycles. The summed E-state index contributed by atoms with van der Waals surface area (Å²) in [5.41, 5.74) is 0. The third-order valence-corrected chi connectivity index (χ3v) is 3.96. The second-order valence-electron chi connectivity index (χ2n) is 5.29. The summed E-state index contributed by atoms with van der Waals surface area (Å²) in [6, 6.07) is 0.174. The summed E-state index contributed by atoms with van der Waals surface area (Å²) < 4.78 is 0. The Morgan fingerprint density at radius 3 is 2.41 bits per heavy atom. The van der Waals surface area contributed by atoms with Crippen molar-refractivity contribution < 1.29 is 9.59 Å². The number of rotatable bonds is 2. The van der Waals surface area contributed by atoms with Crippen molar-refractivity contribution in [2.24, 2.45) is 5.92 Å². The van der Waals surface area contributed by atoms with Gasteiger partial charge in [0.1, 0.15) is 0 Å². The van der Waals surface area contributed by atoms with E-state index in [1.165, 1.54) is 19.3 Å². The van der Waals surface area contributed by atoms with Crippen LogP contribution >= 0.6 is 0 Å². The molecule has 96 valence electrons. The van der Waals surface area contributed by atoms with Gasteiger partial charge in [0, 0.05) is 32.0 Å². The van der Waals surface area contributed by atoms with Gasteiger partial charge in [-0.15, -0.1) is 0 Å². The van der Waals surface area contributed by atoms with E-state index in [-0.39, 0.29) is 23.8 Å². The quantitative estimate of drug-likeness (QED) is 0.788. The Kier molecular flexibility index (Phi) is 4.02. The Bertz CT molecular complexity index is 298. The molecule has 1 unspecified atom stereocenters. The topological polar surface area (TPSA) is 49.4 Å². The summed E-state index contributed by atoms with van der Waals surface area (Å²) in [7, 11) is 0. The average molecular weight is 238 g/mol. The van der Waals surface area contributed by atoms with Crippen molar-refractivity contribution in [3.63, 3.8) is 0 Å². The van der Waals surface area contributed by atoms with Crippen LogP contribution in [0.4, 0.5) is 0 Å². The maximum absolute atomic E-state index is 12.0. The van der Waals surface area contributed by atoms with Gasteiger partial charge in [0.2, 0.25) is 11.8 Å². The van der Waals surface area contributed by atoms with E-state index >= 15 is 0 Å². The Morgan fingerprint density at radius 1 is 1.12 bits per heavy atom.